The summed E-state index contributed by atoms with van der Waals surface area (Å²) in [4.78, 5) is 0. The zero-order valence-electron chi connectivity index (χ0n) is 6.94. The summed E-state index contributed by atoms with van der Waals surface area (Å²) >= 11 is 0. The van der Waals surface area contributed by atoms with Gasteiger partial charge >= 0.3 is 65.4 Å². The van der Waals surface area contributed by atoms with Gasteiger partial charge in [-0.2, -0.15) is 0 Å². The Morgan fingerprint density at radius 2 is 1.73 bits per heavy atom. The van der Waals surface area contributed by atoms with Crippen molar-refractivity contribution in [1.82, 2.24) is 0 Å². The molecule has 1 aliphatic heterocycles. The number of hydrogen-bond acceptors (Lipinski definition) is 4. The van der Waals surface area contributed by atoms with Crippen LogP contribution in [0.3, 0.4) is 0 Å². The molecule has 11 heavy (non-hydrogen) atoms. The van der Waals surface area contributed by atoms with E-state index in [-0.39, 0.29) is 0 Å². The van der Waals surface area contributed by atoms with Gasteiger partial charge in [0.1, 0.15) is 0 Å². The van der Waals surface area contributed by atoms with Gasteiger partial charge in [-0.1, -0.05) is 0 Å². The molecule has 66 valence electrons. The summed E-state index contributed by atoms with van der Waals surface area (Å²) in [5, 5.41) is 0. The van der Waals surface area contributed by atoms with Gasteiger partial charge in [-0.05, 0) is 0 Å². The van der Waals surface area contributed by atoms with Crippen LogP contribution in [0.1, 0.15) is 0 Å². The van der Waals surface area contributed by atoms with Gasteiger partial charge in [-0.3, -0.25) is 0 Å². The monoisotopic (exact) mass is 180 g/mol. The molecule has 0 saturated heterocycles. The fraction of sp³-hybridized carbons (Fsp3) is 0.667. The predicted molar refractivity (Wildman–Crippen MR) is 43.0 cm³/mol. The van der Waals surface area contributed by atoms with Crippen LogP contribution in [0, 0.1) is 0 Å². The second-order valence-electron chi connectivity index (χ2n) is 2.17. The van der Waals surface area contributed by atoms with Crippen LogP contribution < -0.4 is 0 Å². The van der Waals surface area contributed by atoms with E-state index in [1.807, 2.05) is 6.08 Å². The van der Waals surface area contributed by atoms with Crippen LogP contribution in [-0.4, -0.2) is 27.5 Å². The van der Waals surface area contributed by atoms with E-state index in [2.05, 4.69) is 0 Å². The Morgan fingerprint density at radius 3 is 1.91 bits per heavy atom. The van der Waals surface area contributed by atoms with Crippen molar-refractivity contribution in [2.24, 2.45) is 0 Å². The van der Waals surface area contributed by atoms with Crippen LogP contribution in [0.25, 0.3) is 0 Å². The first kappa shape index (κ1) is 8.94. The van der Waals surface area contributed by atoms with Crippen molar-refractivity contribution in [3.63, 3.8) is 0 Å². The molecule has 0 aromatic carbocycles. The van der Waals surface area contributed by atoms with Crippen LogP contribution in [0.15, 0.2) is 12.3 Å². The molecule has 0 bridgehead atoms. The van der Waals surface area contributed by atoms with Gasteiger partial charge in [-0.15, -0.1) is 0 Å². The quantitative estimate of drug-likeness (QED) is 0.619. The van der Waals surface area contributed by atoms with Gasteiger partial charge in [0.25, 0.3) is 0 Å². The summed E-state index contributed by atoms with van der Waals surface area (Å²) < 4.78 is 20.8. The van der Waals surface area contributed by atoms with Gasteiger partial charge < -0.3 is 0 Å². The molecular weight excluding hydrogens is 167 g/mol. The minimum atomic E-state index is -3.18. The molecule has 0 aliphatic carbocycles. The average Bonchev–Trinajstić information content (AvgIpc) is 2.52. The third-order valence-electron chi connectivity index (χ3n) is 1.82. The summed E-state index contributed by atoms with van der Waals surface area (Å²) in [7, 11) is 1.40. The molecule has 0 atom stereocenters. The molecule has 0 fully saturated rings. The predicted octanol–water partition coefficient (Wildman–Crippen LogP) is 1.68. The summed E-state index contributed by atoms with van der Waals surface area (Å²) in [6.45, 7) is 0. The first-order valence-electron chi connectivity index (χ1n) is 3.25. The topological polar surface area (TPSA) is 36.9 Å². The van der Waals surface area contributed by atoms with Crippen LogP contribution in [0.2, 0.25) is 0 Å². The van der Waals surface area contributed by atoms with Crippen molar-refractivity contribution in [2.45, 2.75) is 0 Å². The number of rotatable bonds is 3. The van der Waals surface area contributed by atoms with E-state index in [0.717, 1.165) is 0 Å². The van der Waals surface area contributed by atoms with Gasteiger partial charge in [0.15, 0.2) is 0 Å². The fourth-order valence-corrected chi connectivity index (χ4v) is 2.99. The molecule has 0 spiro atoms. The van der Waals surface area contributed by atoms with E-state index in [1.54, 1.807) is 6.26 Å². The Morgan fingerprint density at radius 1 is 1.18 bits per heavy atom. The molecule has 0 unspecified atom stereocenters. The molecule has 1 heterocycles. The Hall–Kier alpha value is -0.150. The second-order valence-corrected chi connectivity index (χ2v) is 5.77. The number of allylic oxidation sites excluding steroid dienone is 1. The van der Waals surface area contributed by atoms with E-state index in [9.17, 15) is 0 Å². The van der Waals surface area contributed by atoms with Crippen molar-refractivity contribution in [3.8, 4) is 0 Å². The van der Waals surface area contributed by atoms with Crippen LogP contribution in [-0.2, 0) is 18.1 Å². The van der Waals surface area contributed by atoms with Crippen LogP contribution >= 0.6 is 7.51 Å². The first-order valence-corrected chi connectivity index (χ1v) is 5.34. The van der Waals surface area contributed by atoms with Crippen LogP contribution in [0.4, 0.5) is 0 Å². The second kappa shape index (κ2) is 2.72. The summed E-state index contributed by atoms with van der Waals surface area (Å²) in [6, 6.07) is 0. The molecule has 1 rings (SSSR count). The maximum atomic E-state index is 5.26. The molecule has 4 nitrogen and oxygen atoms in total. The van der Waals surface area contributed by atoms with Crippen molar-refractivity contribution in [3.05, 3.63) is 12.3 Å². The zero-order valence-corrected chi connectivity index (χ0v) is 7.84. The minimum absolute atomic E-state index is 0.551. The first-order chi connectivity index (χ1) is 5.20. The van der Waals surface area contributed by atoms with Gasteiger partial charge in [0, 0.05) is 0 Å². The van der Waals surface area contributed by atoms with Crippen LogP contribution in [0.5, 0.6) is 0 Å². The van der Waals surface area contributed by atoms with E-state index in [0.29, 0.717) is 6.16 Å². The van der Waals surface area contributed by atoms with E-state index in [4.69, 9.17) is 18.1 Å². The fourth-order valence-electron chi connectivity index (χ4n) is 0.995. The van der Waals surface area contributed by atoms with E-state index in [1.165, 1.54) is 21.3 Å². The molecule has 0 saturated carbocycles. The zero-order chi connectivity index (χ0) is 8.40. The average molecular weight is 180 g/mol. The molecule has 5 heteroatoms. The van der Waals surface area contributed by atoms with Gasteiger partial charge in [0.2, 0.25) is 0 Å². The van der Waals surface area contributed by atoms with Crippen molar-refractivity contribution < 1.29 is 18.1 Å². The third-order valence-corrected chi connectivity index (χ3v) is 5.27. The molecule has 0 amide bonds. The van der Waals surface area contributed by atoms with E-state index < -0.39 is 7.51 Å². The number of hydrogen-bond donors (Lipinski definition) is 0. The van der Waals surface area contributed by atoms with Crippen molar-refractivity contribution in [1.29, 1.82) is 0 Å². The van der Waals surface area contributed by atoms with E-state index >= 15 is 0 Å². The standard InChI is InChI=1S/C6H13O4P/c1-7-11(8-2,9-3)6-4-5-10-11/h4-5H,6H2,1-3H3. The molecule has 0 N–H and O–H groups in total. The van der Waals surface area contributed by atoms with Gasteiger partial charge in [0.05, 0.1) is 0 Å². The van der Waals surface area contributed by atoms with Gasteiger partial charge in [-0.25, -0.2) is 0 Å². The summed E-state index contributed by atoms with van der Waals surface area (Å²) in [6.07, 6.45) is 3.93. The SMILES string of the molecule is COP1(OC)(OC)CC=CO1. The van der Waals surface area contributed by atoms with Crippen molar-refractivity contribution >= 4 is 7.51 Å². The molecule has 1 aliphatic rings. The maximum absolute atomic E-state index is 5.26. The molecule has 0 aromatic rings. The Bertz CT molecular complexity index is 152. The Labute approximate surface area is 66.3 Å². The van der Waals surface area contributed by atoms with Crippen molar-refractivity contribution in [2.75, 3.05) is 27.5 Å². The molecule has 0 aromatic heterocycles. The molecular formula is C6H13O4P. The molecule has 0 radical (unpaired) electrons. The Balaban J connectivity index is 2.86. The normalized spacial score (nSPS) is 28.8. The summed E-state index contributed by atoms with van der Waals surface area (Å²) in [5.41, 5.74) is 0. The summed E-state index contributed by atoms with van der Waals surface area (Å²) in [5.74, 6) is 0. The third kappa shape index (κ3) is 1.16. The Kier molecular flexibility index (Phi) is 2.21.